The van der Waals surface area contributed by atoms with Crippen molar-refractivity contribution >= 4 is 22.3 Å². The van der Waals surface area contributed by atoms with Gasteiger partial charge in [0.05, 0.1) is 5.69 Å². The topological polar surface area (TPSA) is 52.0 Å². The standard InChI is InChI=1S/C5H7ClN2O2S/c1-3-4(11(9)10)5(6)8(2)7-3/h11H,1-2H3. The molecule has 0 unspecified atom stereocenters. The molecule has 6 heteroatoms. The van der Waals surface area contributed by atoms with Gasteiger partial charge in [-0.3, -0.25) is 4.68 Å². The summed E-state index contributed by atoms with van der Waals surface area (Å²) in [4.78, 5) is 0.115. The first-order valence-corrected chi connectivity index (χ1v) is 4.43. The second-order valence-corrected chi connectivity index (χ2v) is 3.42. The number of rotatable bonds is 1. The van der Waals surface area contributed by atoms with Crippen molar-refractivity contribution in [1.82, 2.24) is 9.78 Å². The zero-order chi connectivity index (χ0) is 8.59. The third-order valence-corrected chi connectivity index (χ3v) is 2.77. The van der Waals surface area contributed by atoms with E-state index < -0.39 is 10.7 Å². The lowest BCUT2D eigenvalue weighted by Crippen LogP contribution is -1.89. The van der Waals surface area contributed by atoms with Crippen LogP contribution in [0.3, 0.4) is 0 Å². The van der Waals surface area contributed by atoms with Crippen molar-refractivity contribution in [3.63, 3.8) is 0 Å². The highest BCUT2D eigenvalue weighted by atomic mass is 35.5. The molecule has 0 amide bonds. The molecule has 0 aromatic carbocycles. The van der Waals surface area contributed by atoms with Crippen LogP contribution in [-0.2, 0) is 17.8 Å². The summed E-state index contributed by atoms with van der Waals surface area (Å²) in [5.74, 6) is 0. The van der Waals surface area contributed by atoms with E-state index in [2.05, 4.69) is 5.10 Å². The van der Waals surface area contributed by atoms with E-state index >= 15 is 0 Å². The summed E-state index contributed by atoms with van der Waals surface area (Å²) in [6.45, 7) is 1.60. The average Bonchev–Trinajstić information content (AvgIpc) is 2.07. The van der Waals surface area contributed by atoms with Gasteiger partial charge in [0.25, 0.3) is 0 Å². The SMILES string of the molecule is Cc1nn(C)c(Cl)c1[SH](=O)=O. The quantitative estimate of drug-likeness (QED) is 0.657. The molecule has 4 nitrogen and oxygen atoms in total. The van der Waals surface area contributed by atoms with Crippen LogP contribution in [0.25, 0.3) is 0 Å². The van der Waals surface area contributed by atoms with Gasteiger partial charge in [0.15, 0.2) is 10.7 Å². The summed E-state index contributed by atoms with van der Waals surface area (Å²) in [6.07, 6.45) is 0. The number of hydrogen-bond donors (Lipinski definition) is 1. The number of aromatic nitrogens is 2. The van der Waals surface area contributed by atoms with Gasteiger partial charge in [-0.15, -0.1) is 0 Å². The van der Waals surface area contributed by atoms with Gasteiger partial charge in [0.2, 0.25) is 0 Å². The van der Waals surface area contributed by atoms with E-state index in [1.807, 2.05) is 0 Å². The van der Waals surface area contributed by atoms with Gasteiger partial charge in [-0.2, -0.15) is 5.10 Å². The molecule has 11 heavy (non-hydrogen) atoms. The molecule has 0 atom stereocenters. The summed E-state index contributed by atoms with van der Waals surface area (Å²) in [7, 11) is -1.04. The Balaban J connectivity index is 3.46. The maximum absolute atomic E-state index is 10.6. The fourth-order valence-corrected chi connectivity index (χ4v) is 1.81. The smallest absolute Gasteiger partial charge is 0.173 e. The highest BCUT2D eigenvalue weighted by Crippen LogP contribution is 2.19. The minimum atomic E-state index is -2.63. The van der Waals surface area contributed by atoms with Gasteiger partial charge in [-0.1, -0.05) is 11.6 Å². The molecule has 62 valence electrons. The van der Waals surface area contributed by atoms with Crippen LogP contribution < -0.4 is 0 Å². The van der Waals surface area contributed by atoms with E-state index in [4.69, 9.17) is 11.6 Å². The van der Waals surface area contributed by atoms with Crippen LogP contribution in [0, 0.1) is 6.92 Å². The summed E-state index contributed by atoms with van der Waals surface area (Å²) >= 11 is 5.63. The van der Waals surface area contributed by atoms with Gasteiger partial charge >= 0.3 is 0 Å². The molecule has 0 aliphatic rings. The molecule has 1 heterocycles. The van der Waals surface area contributed by atoms with Crippen molar-refractivity contribution in [3.05, 3.63) is 10.8 Å². The van der Waals surface area contributed by atoms with Crippen molar-refractivity contribution in [1.29, 1.82) is 0 Å². The average molecular weight is 195 g/mol. The number of thiol groups is 1. The van der Waals surface area contributed by atoms with Crippen LogP contribution in [0.1, 0.15) is 5.69 Å². The van der Waals surface area contributed by atoms with Gasteiger partial charge in [0, 0.05) is 7.05 Å². The Labute approximate surface area is 70.7 Å². The molecule has 1 aromatic rings. The van der Waals surface area contributed by atoms with Crippen LogP contribution >= 0.6 is 11.6 Å². The number of aryl methyl sites for hydroxylation is 2. The summed E-state index contributed by atoms with van der Waals surface area (Å²) < 4.78 is 22.4. The van der Waals surface area contributed by atoms with Crippen LogP contribution in [-0.4, -0.2) is 18.2 Å². The maximum Gasteiger partial charge on any atom is 0.173 e. The fourth-order valence-electron chi connectivity index (χ4n) is 0.826. The third-order valence-electron chi connectivity index (χ3n) is 1.30. The van der Waals surface area contributed by atoms with Gasteiger partial charge < -0.3 is 0 Å². The van der Waals surface area contributed by atoms with Gasteiger partial charge in [0.1, 0.15) is 10.0 Å². The third kappa shape index (κ3) is 1.39. The Morgan fingerprint density at radius 1 is 1.55 bits per heavy atom. The van der Waals surface area contributed by atoms with E-state index in [9.17, 15) is 8.42 Å². The number of halogens is 1. The molecule has 0 fully saturated rings. The molecule has 0 spiro atoms. The molecular formula is C5H7ClN2O2S. The summed E-state index contributed by atoms with van der Waals surface area (Å²) in [5.41, 5.74) is 0.439. The zero-order valence-corrected chi connectivity index (χ0v) is 7.69. The van der Waals surface area contributed by atoms with E-state index in [1.165, 1.54) is 4.68 Å². The summed E-state index contributed by atoms with van der Waals surface area (Å²) in [6, 6.07) is 0. The van der Waals surface area contributed by atoms with Crippen LogP contribution in [0.2, 0.25) is 5.15 Å². The highest BCUT2D eigenvalue weighted by Gasteiger charge is 2.12. The Hall–Kier alpha value is -0.550. The van der Waals surface area contributed by atoms with Gasteiger partial charge in [-0.25, -0.2) is 8.42 Å². The predicted octanol–water partition coefficient (Wildman–Crippen LogP) is 0.352. The molecule has 0 saturated heterocycles. The maximum atomic E-state index is 10.6. The van der Waals surface area contributed by atoms with Gasteiger partial charge in [-0.05, 0) is 6.92 Å². The number of hydrogen-bond acceptors (Lipinski definition) is 3. The predicted molar refractivity (Wildman–Crippen MR) is 41.5 cm³/mol. The van der Waals surface area contributed by atoms with Crippen LogP contribution in [0.4, 0.5) is 0 Å². The normalized spacial score (nSPS) is 10.9. The molecule has 0 bridgehead atoms. The first kappa shape index (κ1) is 8.55. The fraction of sp³-hybridized carbons (Fsp3) is 0.400. The Morgan fingerprint density at radius 2 is 2.09 bits per heavy atom. The van der Waals surface area contributed by atoms with Crippen LogP contribution in [0.5, 0.6) is 0 Å². The molecule has 0 aliphatic carbocycles. The Morgan fingerprint density at radius 3 is 2.27 bits per heavy atom. The van der Waals surface area contributed by atoms with Crippen molar-refractivity contribution < 1.29 is 8.42 Å². The summed E-state index contributed by atoms with van der Waals surface area (Å²) in [5, 5.41) is 4.00. The first-order chi connectivity index (χ1) is 5.04. The molecule has 1 aromatic heterocycles. The molecule has 0 radical (unpaired) electrons. The minimum Gasteiger partial charge on any atom is -0.256 e. The lowest BCUT2D eigenvalue weighted by atomic mass is 10.5. The molecule has 0 N–H and O–H groups in total. The van der Waals surface area contributed by atoms with E-state index in [1.54, 1.807) is 14.0 Å². The molecule has 0 saturated carbocycles. The van der Waals surface area contributed by atoms with Crippen molar-refractivity contribution in [2.75, 3.05) is 0 Å². The Kier molecular flexibility index (Phi) is 2.20. The highest BCUT2D eigenvalue weighted by molar-refractivity contribution is 7.72. The van der Waals surface area contributed by atoms with Crippen molar-refractivity contribution in [2.24, 2.45) is 7.05 Å². The number of nitrogens with zero attached hydrogens (tertiary/aromatic N) is 2. The molecule has 0 aliphatic heterocycles. The van der Waals surface area contributed by atoms with E-state index in [-0.39, 0.29) is 10.0 Å². The molecular weight excluding hydrogens is 188 g/mol. The molecule has 1 rings (SSSR count). The van der Waals surface area contributed by atoms with E-state index in [0.29, 0.717) is 5.69 Å². The van der Waals surface area contributed by atoms with Crippen molar-refractivity contribution in [2.45, 2.75) is 11.8 Å². The second-order valence-electron chi connectivity index (χ2n) is 2.11. The minimum absolute atomic E-state index is 0.115. The second kappa shape index (κ2) is 2.83. The lowest BCUT2D eigenvalue weighted by molar-refractivity contribution is 0.614. The lowest BCUT2D eigenvalue weighted by Gasteiger charge is -1.87. The zero-order valence-electron chi connectivity index (χ0n) is 6.04. The monoisotopic (exact) mass is 194 g/mol. The van der Waals surface area contributed by atoms with Crippen LogP contribution in [0.15, 0.2) is 4.90 Å². The Bertz CT molecular complexity index is 348. The largest absolute Gasteiger partial charge is 0.256 e. The van der Waals surface area contributed by atoms with E-state index in [0.717, 1.165) is 0 Å². The first-order valence-electron chi connectivity index (χ1n) is 2.87. The van der Waals surface area contributed by atoms with Crippen molar-refractivity contribution in [3.8, 4) is 0 Å².